The molecule has 0 aromatic heterocycles. The number of carbonyl (C=O) groups is 1. The first-order valence-corrected chi connectivity index (χ1v) is 17.0. The summed E-state index contributed by atoms with van der Waals surface area (Å²) in [5.74, 6) is 0.150. The molecule has 0 aliphatic carbocycles. The third kappa shape index (κ3) is 27.4. The average molecular weight is 574 g/mol. The molecule has 0 aromatic rings. The van der Waals surface area contributed by atoms with E-state index < -0.39 is 6.29 Å². The number of unbranched alkanes of at least 4 members (excludes halogenated alkanes) is 13. The van der Waals surface area contributed by atoms with Crippen LogP contribution in [0.15, 0.2) is 0 Å². The maximum absolute atomic E-state index is 12.0. The lowest BCUT2D eigenvalue weighted by atomic mass is 10.0. The first-order valence-electron chi connectivity index (χ1n) is 17.0. The Hall–Kier alpha value is -0.730. The van der Waals surface area contributed by atoms with E-state index in [0.717, 1.165) is 116 Å². The van der Waals surface area contributed by atoms with Crippen LogP contribution in [-0.4, -0.2) is 78.5 Å². The van der Waals surface area contributed by atoms with Crippen LogP contribution >= 0.6 is 0 Å². The van der Waals surface area contributed by atoms with Gasteiger partial charge in [0.2, 0.25) is 0 Å². The molecule has 3 N–H and O–H groups in total. The van der Waals surface area contributed by atoms with Gasteiger partial charge in [0.15, 0.2) is 6.29 Å². The lowest BCUT2D eigenvalue weighted by Crippen LogP contribution is -2.33. The van der Waals surface area contributed by atoms with Gasteiger partial charge < -0.3 is 29.7 Å². The van der Waals surface area contributed by atoms with Gasteiger partial charge in [-0.15, -0.1) is 0 Å². The summed E-state index contributed by atoms with van der Waals surface area (Å²) in [5, 5.41) is 29.0. The zero-order chi connectivity index (χ0) is 29.5. The Morgan fingerprint density at radius 3 is 1.95 bits per heavy atom. The quantitative estimate of drug-likeness (QED) is 0.0453. The van der Waals surface area contributed by atoms with E-state index in [1.54, 1.807) is 0 Å². The highest BCUT2D eigenvalue weighted by atomic mass is 16.6. The van der Waals surface area contributed by atoms with E-state index in [4.69, 9.17) is 9.47 Å². The van der Waals surface area contributed by atoms with Crippen LogP contribution in [0.1, 0.15) is 149 Å². The number of aliphatic hydroxyl groups is 3. The molecule has 0 heterocycles. The molecule has 7 nitrogen and oxygen atoms in total. The van der Waals surface area contributed by atoms with Gasteiger partial charge in [-0.3, -0.25) is 4.79 Å². The van der Waals surface area contributed by atoms with E-state index >= 15 is 0 Å². The van der Waals surface area contributed by atoms with E-state index in [1.807, 2.05) is 0 Å². The average Bonchev–Trinajstić information content (AvgIpc) is 2.95. The van der Waals surface area contributed by atoms with Crippen LogP contribution in [0.5, 0.6) is 0 Å². The highest BCUT2D eigenvalue weighted by Gasteiger charge is 2.14. The number of hydrogen-bond donors (Lipinski definition) is 3. The van der Waals surface area contributed by atoms with Crippen LogP contribution in [0.4, 0.5) is 0 Å². The van der Waals surface area contributed by atoms with Crippen molar-refractivity contribution >= 4 is 5.97 Å². The van der Waals surface area contributed by atoms with Gasteiger partial charge in [-0.1, -0.05) is 78.1 Å². The summed E-state index contributed by atoms with van der Waals surface area (Å²) in [5.41, 5.74) is 0. The molecule has 2 unspecified atom stereocenters. The van der Waals surface area contributed by atoms with Crippen LogP contribution in [-0.2, 0) is 14.3 Å². The predicted octanol–water partition coefficient (Wildman–Crippen LogP) is 7.00. The second-order valence-corrected chi connectivity index (χ2v) is 11.6. The van der Waals surface area contributed by atoms with Crippen LogP contribution in [0.2, 0.25) is 0 Å². The molecule has 0 rings (SSSR count). The molecule has 0 radical (unpaired) electrons. The van der Waals surface area contributed by atoms with Crippen molar-refractivity contribution in [3.05, 3.63) is 0 Å². The molecule has 0 aliphatic heterocycles. The Kier molecular flexibility index (Phi) is 30.6. The molecule has 0 saturated carbocycles. The molecule has 0 amide bonds. The van der Waals surface area contributed by atoms with Gasteiger partial charge in [-0.2, -0.15) is 0 Å². The molecule has 7 heteroatoms. The van der Waals surface area contributed by atoms with E-state index in [9.17, 15) is 20.1 Å². The third-order valence-corrected chi connectivity index (χ3v) is 7.64. The minimum atomic E-state index is -0.620. The minimum Gasteiger partial charge on any atom is -0.466 e. The van der Waals surface area contributed by atoms with Crippen LogP contribution in [0, 0.1) is 5.92 Å². The summed E-state index contributed by atoms with van der Waals surface area (Å²) in [7, 11) is 0. The van der Waals surface area contributed by atoms with Crippen molar-refractivity contribution in [3.63, 3.8) is 0 Å². The van der Waals surface area contributed by atoms with E-state index in [0.29, 0.717) is 19.6 Å². The smallest absolute Gasteiger partial charge is 0.305 e. The fourth-order valence-corrected chi connectivity index (χ4v) is 5.03. The molecule has 0 aliphatic rings. The molecular formula is C33H67NO6. The van der Waals surface area contributed by atoms with Crippen LogP contribution in [0.3, 0.4) is 0 Å². The molecular weight excluding hydrogens is 506 g/mol. The van der Waals surface area contributed by atoms with Gasteiger partial charge >= 0.3 is 5.97 Å². The minimum absolute atomic E-state index is 0.0722. The Morgan fingerprint density at radius 1 is 0.675 bits per heavy atom. The maximum atomic E-state index is 12.0. The van der Waals surface area contributed by atoms with E-state index in [-0.39, 0.29) is 25.1 Å². The first-order chi connectivity index (χ1) is 19.6. The summed E-state index contributed by atoms with van der Waals surface area (Å²) >= 11 is 0. The Balaban J connectivity index is 4.02. The Morgan fingerprint density at radius 2 is 1.25 bits per heavy atom. The SMILES string of the molecule is CCCCCCCCCC(=O)OCCCCC(CO)CN(CCCCO)CCCCCCOC(O)CCCCC. The maximum Gasteiger partial charge on any atom is 0.305 e. The van der Waals surface area contributed by atoms with Crippen molar-refractivity contribution in [1.82, 2.24) is 4.90 Å². The summed E-state index contributed by atoms with van der Waals surface area (Å²) in [6, 6.07) is 0. The normalized spacial score (nSPS) is 13.2. The summed E-state index contributed by atoms with van der Waals surface area (Å²) in [6.45, 7) is 8.69. The molecule has 0 fully saturated rings. The number of carbonyl (C=O) groups excluding carboxylic acids is 1. The third-order valence-electron chi connectivity index (χ3n) is 7.64. The second kappa shape index (κ2) is 31.2. The van der Waals surface area contributed by atoms with Crippen molar-refractivity contribution in [2.45, 2.75) is 155 Å². The molecule has 0 spiro atoms. The standard InChI is InChI=1S/C33H67NO6/c1-3-5-7-8-9-10-14-23-33(38)40-28-20-15-21-31(30-36)29-34(25-17-18-26-35)24-16-11-12-19-27-39-32(37)22-13-6-4-2/h31-32,35-37H,3-30H2,1-2H3. The highest BCUT2D eigenvalue weighted by molar-refractivity contribution is 5.69. The van der Waals surface area contributed by atoms with Gasteiger partial charge in [-0.05, 0) is 83.2 Å². The van der Waals surface area contributed by atoms with Crippen molar-refractivity contribution < 1.29 is 29.6 Å². The largest absolute Gasteiger partial charge is 0.466 e. The van der Waals surface area contributed by atoms with Gasteiger partial charge in [-0.25, -0.2) is 0 Å². The van der Waals surface area contributed by atoms with Crippen molar-refractivity contribution in [3.8, 4) is 0 Å². The van der Waals surface area contributed by atoms with Crippen molar-refractivity contribution in [2.24, 2.45) is 5.92 Å². The zero-order valence-electron chi connectivity index (χ0n) is 26.5. The Labute approximate surface area is 247 Å². The van der Waals surface area contributed by atoms with Crippen molar-refractivity contribution in [2.75, 3.05) is 46.1 Å². The van der Waals surface area contributed by atoms with Gasteiger partial charge in [0.05, 0.1) is 6.61 Å². The topological polar surface area (TPSA) is 99.5 Å². The highest BCUT2D eigenvalue weighted by Crippen LogP contribution is 2.14. The lowest BCUT2D eigenvalue weighted by molar-refractivity contribution is -0.143. The van der Waals surface area contributed by atoms with Crippen LogP contribution in [0.25, 0.3) is 0 Å². The lowest BCUT2D eigenvalue weighted by Gasteiger charge is -2.27. The Bertz CT molecular complexity index is 521. The molecule has 240 valence electrons. The van der Waals surface area contributed by atoms with Gasteiger partial charge in [0.25, 0.3) is 0 Å². The molecule has 0 saturated heterocycles. The van der Waals surface area contributed by atoms with Crippen molar-refractivity contribution in [1.29, 1.82) is 0 Å². The van der Waals surface area contributed by atoms with Gasteiger partial charge in [0, 0.05) is 32.8 Å². The second-order valence-electron chi connectivity index (χ2n) is 11.6. The predicted molar refractivity (Wildman–Crippen MR) is 165 cm³/mol. The monoisotopic (exact) mass is 573 g/mol. The van der Waals surface area contributed by atoms with E-state index in [2.05, 4.69) is 18.7 Å². The molecule has 40 heavy (non-hydrogen) atoms. The summed E-state index contributed by atoms with van der Waals surface area (Å²) in [6.07, 6.45) is 21.1. The summed E-state index contributed by atoms with van der Waals surface area (Å²) in [4.78, 5) is 14.4. The summed E-state index contributed by atoms with van der Waals surface area (Å²) < 4.78 is 10.9. The number of esters is 1. The first kappa shape index (κ1) is 39.3. The van der Waals surface area contributed by atoms with E-state index in [1.165, 1.54) is 32.1 Å². The van der Waals surface area contributed by atoms with Gasteiger partial charge in [0.1, 0.15) is 0 Å². The molecule has 2 atom stereocenters. The number of hydrogen-bond acceptors (Lipinski definition) is 7. The number of nitrogens with zero attached hydrogens (tertiary/aromatic N) is 1. The number of aliphatic hydroxyl groups excluding tert-OH is 3. The fraction of sp³-hybridized carbons (Fsp3) is 0.970. The number of ether oxygens (including phenoxy) is 2. The number of rotatable bonds is 32. The van der Waals surface area contributed by atoms with Crippen LogP contribution < -0.4 is 0 Å². The molecule has 0 bridgehead atoms. The zero-order valence-corrected chi connectivity index (χ0v) is 26.5. The molecule has 0 aromatic carbocycles. The fourth-order valence-electron chi connectivity index (χ4n) is 5.03.